The summed E-state index contributed by atoms with van der Waals surface area (Å²) in [6.07, 6.45) is 0.479. The van der Waals surface area contributed by atoms with Crippen LogP contribution in [0.25, 0.3) is 22.1 Å². The van der Waals surface area contributed by atoms with Gasteiger partial charge in [-0.3, -0.25) is 4.79 Å². The summed E-state index contributed by atoms with van der Waals surface area (Å²) in [5.41, 5.74) is 2.46. The third-order valence-corrected chi connectivity index (χ3v) is 4.95. The quantitative estimate of drug-likeness (QED) is 0.522. The summed E-state index contributed by atoms with van der Waals surface area (Å²) in [6.45, 7) is 5.91. The first-order valence-electron chi connectivity index (χ1n) is 9.58. The Bertz CT molecular complexity index is 1090. The van der Waals surface area contributed by atoms with E-state index in [1.165, 1.54) is 6.07 Å². The number of hydrogen-bond donors (Lipinski definition) is 3. The maximum absolute atomic E-state index is 12.1. The summed E-state index contributed by atoms with van der Waals surface area (Å²) in [7, 11) is 0. The largest absolute Gasteiger partial charge is 0.507 e. The van der Waals surface area contributed by atoms with Gasteiger partial charge in [-0.05, 0) is 36.5 Å². The first-order valence-corrected chi connectivity index (χ1v) is 9.58. The second kappa shape index (κ2) is 8.49. The molecule has 0 saturated carbocycles. The van der Waals surface area contributed by atoms with Gasteiger partial charge in [0.05, 0.1) is 5.39 Å². The Morgan fingerprint density at radius 2 is 1.86 bits per heavy atom. The van der Waals surface area contributed by atoms with Gasteiger partial charge in [0.15, 0.2) is 0 Å². The molecule has 1 aromatic heterocycles. The third kappa shape index (κ3) is 4.49. The first-order chi connectivity index (χ1) is 13.8. The maximum Gasteiger partial charge on any atom is 0.336 e. The second-order valence-electron chi connectivity index (χ2n) is 7.64. The molecule has 2 aromatic carbocycles. The fourth-order valence-corrected chi connectivity index (χ4v) is 3.52. The predicted octanol–water partition coefficient (Wildman–Crippen LogP) is 4.06. The van der Waals surface area contributed by atoms with Gasteiger partial charge in [0, 0.05) is 23.7 Å². The Balaban J connectivity index is 2.09. The summed E-state index contributed by atoms with van der Waals surface area (Å²) in [4.78, 5) is 23.6. The number of aliphatic carboxylic acids is 1. The molecule has 0 aliphatic heterocycles. The van der Waals surface area contributed by atoms with Crippen molar-refractivity contribution in [3.05, 3.63) is 64.0 Å². The van der Waals surface area contributed by atoms with Crippen LogP contribution in [0.1, 0.15) is 31.4 Å². The Hall–Kier alpha value is -3.12. The molecule has 0 aliphatic carbocycles. The van der Waals surface area contributed by atoms with Gasteiger partial charge < -0.3 is 19.9 Å². The highest BCUT2D eigenvalue weighted by molar-refractivity contribution is 5.98. The number of fused-ring (bicyclic) bond motifs is 1. The van der Waals surface area contributed by atoms with E-state index in [-0.39, 0.29) is 18.2 Å². The van der Waals surface area contributed by atoms with Crippen molar-refractivity contribution in [3.8, 4) is 16.9 Å². The maximum atomic E-state index is 12.1. The van der Waals surface area contributed by atoms with E-state index < -0.39 is 17.6 Å². The van der Waals surface area contributed by atoms with E-state index in [0.717, 1.165) is 5.56 Å². The minimum absolute atomic E-state index is 0.0104. The Labute approximate surface area is 168 Å². The van der Waals surface area contributed by atoms with Gasteiger partial charge in [-0.1, -0.05) is 44.2 Å². The topological polar surface area (TPSA) is 99.8 Å². The standard InChI is InChI=1S/C23H25NO5/c1-13(2)9-18(23(27)28)24-12-17-14(3)10-19-21(22(17)26)16(11-20(25)29-19)15-7-5-4-6-8-15/h4-8,10-11,13,18,24,26H,9,12H2,1-3H3,(H,27,28)/t18-/m0/s1. The van der Waals surface area contributed by atoms with Gasteiger partial charge in [-0.25, -0.2) is 4.79 Å². The van der Waals surface area contributed by atoms with E-state index >= 15 is 0 Å². The molecule has 6 heteroatoms. The number of aryl methyl sites for hydroxylation is 1. The first kappa shape index (κ1) is 20.6. The normalized spacial score (nSPS) is 12.4. The number of carboxylic acid groups (broad SMARTS) is 1. The highest BCUT2D eigenvalue weighted by Gasteiger charge is 2.21. The SMILES string of the molecule is Cc1cc2oc(=O)cc(-c3ccccc3)c2c(O)c1CN[C@@H](CC(C)C)C(=O)O. The molecule has 152 valence electrons. The van der Waals surface area contributed by atoms with Crippen molar-refractivity contribution in [1.82, 2.24) is 5.32 Å². The number of rotatable bonds is 7. The molecule has 0 fully saturated rings. The van der Waals surface area contributed by atoms with E-state index in [4.69, 9.17) is 4.42 Å². The van der Waals surface area contributed by atoms with Gasteiger partial charge in [-0.15, -0.1) is 0 Å². The van der Waals surface area contributed by atoms with E-state index in [0.29, 0.717) is 34.1 Å². The van der Waals surface area contributed by atoms with Crippen LogP contribution in [0.2, 0.25) is 0 Å². The van der Waals surface area contributed by atoms with Crippen LogP contribution in [0.5, 0.6) is 5.75 Å². The summed E-state index contributed by atoms with van der Waals surface area (Å²) in [5.74, 6) is -0.717. The summed E-state index contributed by atoms with van der Waals surface area (Å²) in [6, 6.07) is 11.6. The monoisotopic (exact) mass is 395 g/mol. The number of carboxylic acids is 1. The molecule has 6 nitrogen and oxygen atoms in total. The predicted molar refractivity (Wildman–Crippen MR) is 112 cm³/mol. The number of phenolic OH excluding ortho intramolecular Hbond substituents is 1. The number of hydrogen-bond acceptors (Lipinski definition) is 5. The molecular weight excluding hydrogens is 370 g/mol. The van der Waals surface area contributed by atoms with E-state index in [1.807, 2.05) is 44.2 Å². The molecule has 29 heavy (non-hydrogen) atoms. The molecule has 0 aliphatic rings. The van der Waals surface area contributed by atoms with Crippen molar-refractivity contribution >= 4 is 16.9 Å². The average Bonchev–Trinajstić information content (AvgIpc) is 2.66. The minimum Gasteiger partial charge on any atom is -0.507 e. The molecule has 0 bridgehead atoms. The van der Waals surface area contributed by atoms with Gasteiger partial charge in [0.1, 0.15) is 17.4 Å². The van der Waals surface area contributed by atoms with Gasteiger partial charge >= 0.3 is 11.6 Å². The lowest BCUT2D eigenvalue weighted by Crippen LogP contribution is -2.37. The summed E-state index contributed by atoms with van der Waals surface area (Å²) >= 11 is 0. The number of carbonyl (C=O) groups is 1. The molecular formula is C23H25NO5. The molecule has 3 aromatic rings. The lowest BCUT2D eigenvalue weighted by Gasteiger charge is -2.19. The molecule has 0 unspecified atom stereocenters. The molecule has 0 radical (unpaired) electrons. The van der Waals surface area contributed by atoms with Crippen molar-refractivity contribution in [2.75, 3.05) is 0 Å². The molecule has 3 rings (SSSR count). The fourth-order valence-electron chi connectivity index (χ4n) is 3.52. The summed E-state index contributed by atoms with van der Waals surface area (Å²) in [5, 5.41) is 24.0. The van der Waals surface area contributed by atoms with E-state index in [1.54, 1.807) is 13.0 Å². The third-order valence-electron chi connectivity index (χ3n) is 4.95. The van der Waals surface area contributed by atoms with Gasteiger partial charge in [-0.2, -0.15) is 0 Å². The molecule has 1 atom stereocenters. The van der Waals surface area contributed by atoms with Crippen molar-refractivity contribution in [2.24, 2.45) is 5.92 Å². The number of phenols is 1. The minimum atomic E-state index is -0.924. The van der Waals surface area contributed by atoms with Crippen molar-refractivity contribution in [3.63, 3.8) is 0 Å². The zero-order valence-corrected chi connectivity index (χ0v) is 16.7. The van der Waals surface area contributed by atoms with Crippen molar-refractivity contribution in [2.45, 2.75) is 39.8 Å². The van der Waals surface area contributed by atoms with Gasteiger partial charge in [0.2, 0.25) is 0 Å². The average molecular weight is 395 g/mol. The fraction of sp³-hybridized carbons (Fsp3) is 0.304. The zero-order chi connectivity index (χ0) is 21.1. The van der Waals surface area contributed by atoms with Crippen LogP contribution in [0, 0.1) is 12.8 Å². The van der Waals surface area contributed by atoms with Crippen LogP contribution >= 0.6 is 0 Å². The highest BCUT2D eigenvalue weighted by Crippen LogP contribution is 2.37. The Morgan fingerprint density at radius 3 is 2.48 bits per heavy atom. The number of aromatic hydroxyl groups is 1. The van der Waals surface area contributed by atoms with E-state index in [9.17, 15) is 19.8 Å². The van der Waals surface area contributed by atoms with Crippen LogP contribution < -0.4 is 10.9 Å². The zero-order valence-electron chi connectivity index (χ0n) is 16.7. The molecule has 3 N–H and O–H groups in total. The van der Waals surface area contributed by atoms with Crippen LogP contribution in [0.4, 0.5) is 0 Å². The van der Waals surface area contributed by atoms with Gasteiger partial charge in [0.25, 0.3) is 0 Å². The lowest BCUT2D eigenvalue weighted by molar-refractivity contribution is -0.140. The van der Waals surface area contributed by atoms with Crippen LogP contribution in [-0.2, 0) is 11.3 Å². The highest BCUT2D eigenvalue weighted by atomic mass is 16.4. The number of nitrogens with one attached hydrogen (secondary N) is 1. The summed E-state index contributed by atoms with van der Waals surface area (Å²) < 4.78 is 5.33. The smallest absolute Gasteiger partial charge is 0.336 e. The Kier molecular flexibility index (Phi) is 6.03. The molecule has 1 heterocycles. The van der Waals surface area contributed by atoms with Crippen molar-refractivity contribution in [1.29, 1.82) is 0 Å². The molecule has 0 saturated heterocycles. The van der Waals surface area contributed by atoms with Crippen LogP contribution in [-0.4, -0.2) is 22.2 Å². The van der Waals surface area contributed by atoms with E-state index in [2.05, 4.69) is 5.32 Å². The second-order valence-corrected chi connectivity index (χ2v) is 7.64. The van der Waals surface area contributed by atoms with Crippen LogP contribution in [0.3, 0.4) is 0 Å². The van der Waals surface area contributed by atoms with Crippen molar-refractivity contribution < 1.29 is 19.4 Å². The lowest BCUT2D eigenvalue weighted by atomic mass is 9.96. The van der Waals surface area contributed by atoms with Crippen LogP contribution in [0.15, 0.2) is 51.7 Å². The molecule has 0 amide bonds. The number of benzene rings is 2. The molecule has 0 spiro atoms. The Morgan fingerprint density at radius 1 is 1.17 bits per heavy atom.